The highest BCUT2D eigenvalue weighted by Crippen LogP contribution is 2.22. The Morgan fingerprint density at radius 3 is 2.62 bits per heavy atom. The second kappa shape index (κ2) is 7.97. The molecule has 0 aliphatic carbocycles. The van der Waals surface area contributed by atoms with Gasteiger partial charge in [-0.25, -0.2) is 0 Å². The lowest BCUT2D eigenvalue weighted by atomic mass is 10.0. The quantitative estimate of drug-likeness (QED) is 0.810. The van der Waals surface area contributed by atoms with Gasteiger partial charge in [0.15, 0.2) is 5.78 Å². The van der Waals surface area contributed by atoms with Gasteiger partial charge >= 0.3 is 0 Å². The number of rotatable bonds is 6. The number of amides is 1. The SMILES string of the molecule is CC(=O)c1[nH]c(C)c(C(=O)N2CCO[C@@H](CCCC(C)C)C2)c1C. The highest BCUT2D eigenvalue weighted by molar-refractivity contribution is 6.02. The maximum absolute atomic E-state index is 12.9. The number of nitrogens with zero attached hydrogens (tertiary/aromatic N) is 1. The number of hydrogen-bond acceptors (Lipinski definition) is 3. The maximum atomic E-state index is 12.9. The zero-order valence-corrected chi connectivity index (χ0v) is 15.6. The van der Waals surface area contributed by atoms with Gasteiger partial charge in [-0.3, -0.25) is 9.59 Å². The number of morpholine rings is 1. The van der Waals surface area contributed by atoms with Crippen LogP contribution in [0.3, 0.4) is 0 Å². The van der Waals surface area contributed by atoms with Gasteiger partial charge in [-0.2, -0.15) is 0 Å². The summed E-state index contributed by atoms with van der Waals surface area (Å²) >= 11 is 0. The normalized spacial score (nSPS) is 18.2. The van der Waals surface area contributed by atoms with Crippen LogP contribution in [0.5, 0.6) is 0 Å². The third kappa shape index (κ3) is 4.26. The van der Waals surface area contributed by atoms with E-state index in [4.69, 9.17) is 4.74 Å². The molecule has 1 saturated heterocycles. The lowest BCUT2D eigenvalue weighted by molar-refractivity contribution is -0.0260. The molecule has 1 aromatic heterocycles. The standard InChI is InChI=1S/C19H30N2O3/c1-12(2)7-6-8-16-11-21(9-10-24-16)19(23)17-13(3)18(15(5)22)20-14(17)4/h12,16,20H,6-11H2,1-5H3/t16-/m0/s1. The van der Waals surface area contributed by atoms with Crippen LogP contribution < -0.4 is 0 Å². The summed E-state index contributed by atoms with van der Waals surface area (Å²) in [5, 5.41) is 0. The number of nitrogens with one attached hydrogen (secondary N) is 1. The van der Waals surface area contributed by atoms with Crippen molar-refractivity contribution in [3.05, 3.63) is 22.5 Å². The van der Waals surface area contributed by atoms with Crippen LogP contribution in [0.25, 0.3) is 0 Å². The van der Waals surface area contributed by atoms with Gasteiger partial charge in [0.2, 0.25) is 0 Å². The molecule has 5 heteroatoms. The Labute approximate surface area is 144 Å². The average molecular weight is 334 g/mol. The first kappa shape index (κ1) is 18.7. The van der Waals surface area contributed by atoms with Gasteiger partial charge in [-0.15, -0.1) is 0 Å². The number of H-pyrrole nitrogens is 1. The number of hydrogen-bond donors (Lipinski definition) is 1. The monoisotopic (exact) mass is 334 g/mol. The number of aromatic nitrogens is 1. The number of aromatic amines is 1. The van der Waals surface area contributed by atoms with E-state index in [0.717, 1.165) is 24.1 Å². The zero-order valence-electron chi connectivity index (χ0n) is 15.6. The van der Waals surface area contributed by atoms with Gasteiger partial charge in [0, 0.05) is 25.7 Å². The first-order valence-corrected chi connectivity index (χ1v) is 8.92. The fourth-order valence-corrected chi connectivity index (χ4v) is 3.41. The van der Waals surface area contributed by atoms with Crippen LogP contribution in [0.4, 0.5) is 0 Å². The topological polar surface area (TPSA) is 62.4 Å². The minimum absolute atomic E-state index is 0.00547. The fraction of sp³-hybridized carbons (Fsp3) is 0.684. The molecule has 2 rings (SSSR count). The van der Waals surface area contributed by atoms with Crippen LogP contribution in [-0.2, 0) is 4.74 Å². The molecule has 134 valence electrons. The Kier molecular flexibility index (Phi) is 6.21. The lowest BCUT2D eigenvalue weighted by Gasteiger charge is -2.33. The van der Waals surface area contributed by atoms with E-state index in [1.54, 1.807) is 0 Å². The van der Waals surface area contributed by atoms with Crippen molar-refractivity contribution in [3.8, 4) is 0 Å². The molecule has 2 heterocycles. The summed E-state index contributed by atoms with van der Waals surface area (Å²) in [6, 6.07) is 0. The summed E-state index contributed by atoms with van der Waals surface area (Å²) in [5.74, 6) is 0.663. The van der Waals surface area contributed by atoms with Crippen molar-refractivity contribution < 1.29 is 14.3 Å². The van der Waals surface area contributed by atoms with Gasteiger partial charge in [0.1, 0.15) is 0 Å². The first-order valence-electron chi connectivity index (χ1n) is 8.92. The molecule has 0 unspecified atom stereocenters. The summed E-state index contributed by atoms with van der Waals surface area (Å²) in [6.45, 7) is 11.5. The predicted molar refractivity (Wildman–Crippen MR) is 94.6 cm³/mol. The summed E-state index contributed by atoms with van der Waals surface area (Å²) in [7, 11) is 0. The summed E-state index contributed by atoms with van der Waals surface area (Å²) in [6.07, 6.45) is 3.42. The minimum atomic E-state index is -0.0387. The summed E-state index contributed by atoms with van der Waals surface area (Å²) in [4.78, 5) is 29.6. The molecule has 1 amide bonds. The molecule has 0 bridgehead atoms. The number of carbonyl (C=O) groups is 2. The Morgan fingerprint density at radius 1 is 1.33 bits per heavy atom. The highest BCUT2D eigenvalue weighted by atomic mass is 16.5. The van der Waals surface area contributed by atoms with Gasteiger partial charge in [-0.1, -0.05) is 26.7 Å². The second-order valence-electron chi connectivity index (χ2n) is 7.25. The minimum Gasteiger partial charge on any atom is -0.375 e. The van der Waals surface area contributed by atoms with Crippen molar-refractivity contribution >= 4 is 11.7 Å². The van der Waals surface area contributed by atoms with Crippen molar-refractivity contribution in [1.82, 2.24) is 9.88 Å². The number of aryl methyl sites for hydroxylation is 1. The third-order valence-corrected chi connectivity index (χ3v) is 4.74. The van der Waals surface area contributed by atoms with E-state index in [2.05, 4.69) is 18.8 Å². The molecule has 0 saturated carbocycles. The third-order valence-electron chi connectivity index (χ3n) is 4.74. The van der Waals surface area contributed by atoms with Crippen LogP contribution in [0.2, 0.25) is 0 Å². The molecule has 1 aliphatic rings. The van der Waals surface area contributed by atoms with E-state index in [1.165, 1.54) is 13.3 Å². The fourth-order valence-electron chi connectivity index (χ4n) is 3.41. The van der Waals surface area contributed by atoms with E-state index < -0.39 is 0 Å². The van der Waals surface area contributed by atoms with Crippen molar-refractivity contribution in [2.24, 2.45) is 5.92 Å². The first-order chi connectivity index (χ1) is 11.3. The smallest absolute Gasteiger partial charge is 0.256 e. The highest BCUT2D eigenvalue weighted by Gasteiger charge is 2.28. The molecular formula is C19H30N2O3. The molecule has 1 aliphatic heterocycles. The molecule has 1 N–H and O–H groups in total. The Balaban J connectivity index is 2.05. The van der Waals surface area contributed by atoms with Crippen LogP contribution in [0, 0.1) is 19.8 Å². The molecule has 1 aromatic rings. The summed E-state index contributed by atoms with van der Waals surface area (Å²) < 4.78 is 5.82. The van der Waals surface area contributed by atoms with E-state index in [1.807, 2.05) is 18.7 Å². The van der Waals surface area contributed by atoms with E-state index in [9.17, 15) is 9.59 Å². The maximum Gasteiger partial charge on any atom is 0.256 e. The van der Waals surface area contributed by atoms with Crippen LogP contribution in [0.15, 0.2) is 0 Å². The van der Waals surface area contributed by atoms with Crippen molar-refractivity contribution in [1.29, 1.82) is 0 Å². The Hall–Kier alpha value is -1.62. The van der Waals surface area contributed by atoms with Gasteiger partial charge in [0.25, 0.3) is 5.91 Å². The largest absolute Gasteiger partial charge is 0.375 e. The van der Waals surface area contributed by atoms with Gasteiger partial charge < -0.3 is 14.6 Å². The number of ether oxygens (including phenoxy) is 1. The molecule has 0 spiro atoms. The number of carbonyl (C=O) groups excluding carboxylic acids is 2. The predicted octanol–water partition coefficient (Wildman–Crippen LogP) is 3.50. The van der Waals surface area contributed by atoms with Crippen molar-refractivity contribution in [2.45, 2.75) is 60.0 Å². The molecule has 0 radical (unpaired) electrons. The van der Waals surface area contributed by atoms with E-state index in [-0.39, 0.29) is 17.8 Å². The second-order valence-corrected chi connectivity index (χ2v) is 7.25. The van der Waals surface area contributed by atoms with Crippen molar-refractivity contribution in [3.63, 3.8) is 0 Å². The Morgan fingerprint density at radius 2 is 2.04 bits per heavy atom. The van der Waals surface area contributed by atoms with E-state index >= 15 is 0 Å². The summed E-state index contributed by atoms with van der Waals surface area (Å²) in [5.41, 5.74) is 2.71. The molecule has 5 nitrogen and oxygen atoms in total. The lowest BCUT2D eigenvalue weighted by Crippen LogP contribution is -2.45. The molecule has 1 atom stereocenters. The van der Waals surface area contributed by atoms with Gasteiger partial charge in [0.05, 0.1) is 24.0 Å². The molecule has 0 aromatic carbocycles. The average Bonchev–Trinajstić information content (AvgIpc) is 2.81. The molecule has 1 fully saturated rings. The number of Topliss-reactive ketones (excluding diaryl/α,β-unsaturated/α-hetero) is 1. The zero-order chi connectivity index (χ0) is 17.9. The van der Waals surface area contributed by atoms with Crippen LogP contribution in [-0.4, -0.2) is 47.4 Å². The molecule has 24 heavy (non-hydrogen) atoms. The number of ketones is 1. The Bertz CT molecular complexity index is 604. The van der Waals surface area contributed by atoms with Crippen LogP contribution >= 0.6 is 0 Å². The van der Waals surface area contributed by atoms with Crippen LogP contribution in [0.1, 0.15) is 72.1 Å². The van der Waals surface area contributed by atoms with Gasteiger partial charge in [-0.05, 0) is 31.7 Å². The van der Waals surface area contributed by atoms with E-state index in [0.29, 0.717) is 36.9 Å². The van der Waals surface area contributed by atoms with Crippen molar-refractivity contribution in [2.75, 3.05) is 19.7 Å². The molecular weight excluding hydrogens is 304 g/mol.